The number of unbranched alkanes of at least 4 members (excludes halogenated alkanes) is 9. The molecule has 1 heterocycles. The molecule has 1 atom stereocenters. The molecule has 12 heteroatoms. The molecule has 0 aliphatic heterocycles. The minimum atomic E-state index is -3.57. The molecule has 0 aliphatic carbocycles. The number of hydrogen-bond acceptors (Lipinski definition) is 7. The predicted octanol–water partition coefficient (Wildman–Crippen LogP) is 8.09. The number of hydrogen-bond donors (Lipinski definition) is 1. The van der Waals surface area contributed by atoms with E-state index in [2.05, 4.69) is 17.3 Å². The lowest BCUT2D eigenvalue weighted by Gasteiger charge is -2.25. The third kappa shape index (κ3) is 9.34. The van der Waals surface area contributed by atoms with Crippen LogP contribution in [0.1, 0.15) is 97.9 Å². The van der Waals surface area contributed by atoms with Gasteiger partial charge in [-0.1, -0.05) is 97.1 Å². The first-order valence-corrected chi connectivity index (χ1v) is 17.3. The van der Waals surface area contributed by atoms with Crippen LogP contribution >= 0.6 is 11.6 Å². The van der Waals surface area contributed by atoms with E-state index in [1.165, 1.54) is 85.8 Å². The van der Waals surface area contributed by atoms with Crippen molar-refractivity contribution in [3.63, 3.8) is 0 Å². The van der Waals surface area contributed by atoms with E-state index >= 15 is 0 Å². The van der Waals surface area contributed by atoms with Crippen molar-refractivity contribution in [2.75, 3.05) is 11.1 Å². The summed E-state index contributed by atoms with van der Waals surface area (Å²) < 4.78 is 27.2. The number of rotatable bonds is 17. The van der Waals surface area contributed by atoms with E-state index < -0.39 is 37.9 Å². The Kier molecular flexibility index (Phi) is 12.5. The number of non-ortho nitro benzene ring substituents is 1. The average molecular weight is 647 g/mol. The molecule has 0 radical (unpaired) electrons. The van der Waals surface area contributed by atoms with Gasteiger partial charge >= 0.3 is 0 Å². The van der Waals surface area contributed by atoms with Crippen LogP contribution in [0.3, 0.4) is 0 Å². The van der Waals surface area contributed by atoms with Crippen LogP contribution in [0.25, 0.3) is 10.9 Å². The van der Waals surface area contributed by atoms with Gasteiger partial charge in [0, 0.05) is 22.9 Å². The summed E-state index contributed by atoms with van der Waals surface area (Å²) >= 11 is 6.43. The van der Waals surface area contributed by atoms with Crippen LogP contribution in [0.4, 0.5) is 11.4 Å². The van der Waals surface area contributed by atoms with Crippen LogP contribution in [-0.2, 0) is 19.4 Å². The van der Waals surface area contributed by atoms with Crippen molar-refractivity contribution >= 4 is 55.4 Å². The van der Waals surface area contributed by atoms with Gasteiger partial charge in [-0.05, 0) is 30.7 Å². The van der Waals surface area contributed by atoms with Gasteiger partial charge in [0.2, 0.25) is 0 Å². The SMILES string of the molecule is CCCCCCCCCCCCS(=O)(=O)c1ccc(NC(=O)C(C(=O)C(C)(C)C)n2ncc3cc([N+](=O)[O-])ccc32)c(Cl)c1. The number of nitrogens with one attached hydrogen (secondary N) is 1. The summed E-state index contributed by atoms with van der Waals surface area (Å²) in [6.07, 6.45) is 12.4. The zero-order chi connectivity index (χ0) is 32.5. The zero-order valence-corrected chi connectivity index (χ0v) is 27.5. The molecule has 1 unspecified atom stereocenters. The van der Waals surface area contributed by atoms with Crippen molar-refractivity contribution in [1.82, 2.24) is 9.78 Å². The number of Topliss-reactive ketones (excluding diaryl/α,β-unsaturated/α-hetero) is 1. The monoisotopic (exact) mass is 646 g/mol. The lowest BCUT2D eigenvalue weighted by molar-refractivity contribution is -0.384. The van der Waals surface area contributed by atoms with E-state index in [-0.39, 0.29) is 27.0 Å². The molecule has 1 N–H and O–H groups in total. The summed E-state index contributed by atoms with van der Waals surface area (Å²) in [4.78, 5) is 37.8. The highest BCUT2D eigenvalue weighted by atomic mass is 35.5. The first kappa shape index (κ1) is 35.2. The molecule has 0 fully saturated rings. The molecule has 0 aliphatic rings. The fraction of sp³-hybridized carbons (Fsp3) is 0.531. The number of amides is 1. The number of fused-ring (bicyclic) bond motifs is 1. The van der Waals surface area contributed by atoms with Crippen molar-refractivity contribution in [2.45, 2.75) is 103 Å². The number of nitrogens with zero attached hydrogens (tertiary/aromatic N) is 3. The number of aromatic nitrogens is 2. The Morgan fingerprint density at radius 2 is 1.59 bits per heavy atom. The summed E-state index contributed by atoms with van der Waals surface area (Å²) in [6, 6.07) is 6.75. The topological polar surface area (TPSA) is 141 Å². The van der Waals surface area contributed by atoms with Crippen LogP contribution in [0.15, 0.2) is 47.5 Å². The zero-order valence-electron chi connectivity index (χ0n) is 26.0. The third-order valence-corrected chi connectivity index (χ3v) is 9.71. The number of ketones is 1. The highest BCUT2D eigenvalue weighted by Crippen LogP contribution is 2.31. The van der Waals surface area contributed by atoms with E-state index in [0.717, 1.165) is 19.3 Å². The van der Waals surface area contributed by atoms with Gasteiger partial charge < -0.3 is 5.32 Å². The minimum Gasteiger partial charge on any atom is -0.322 e. The third-order valence-electron chi connectivity index (χ3n) is 7.59. The molecule has 1 aromatic heterocycles. The molecule has 240 valence electrons. The molecule has 0 spiro atoms. The molecule has 44 heavy (non-hydrogen) atoms. The smallest absolute Gasteiger partial charge is 0.270 e. The second-order valence-corrected chi connectivity index (χ2v) is 14.8. The lowest BCUT2D eigenvalue weighted by Crippen LogP contribution is -2.39. The Morgan fingerprint density at radius 3 is 2.16 bits per heavy atom. The van der Waals surface area contributed by atoms with Gasteiger partial charge in [-0.3, -0.25) is 19.7 Å². The Labute approximate surface area is 264 Å². The van der Waals surface area contributed by atoms with E-state index in [0.29, 0.717) is 17.3 Å². The average Bonchev–Trinajstić information content (AvgIpc) is 3.37. The fourth-order valence-corrected chi connectivity index (χ4v) is 6.69. The van der Waals surface area contributed by atoms with E-state index in [4.69, 9.17) is 11.6 Å². The summed E-state index contributed by atoms with van der Waals surface area (Å²) in [6.45, 7) is 7.22. The van der Waals surface area contributed by atoms with E-state index in [9.17, 15) is 28.1 Å². The van der Waals surface area contributed by atoms with Crippen molar-refractivity contribution in [3.05, 3.63) is 57.7 Å². The number of carbonyl (C=O) groups is 2. The molecular formula is C32H43ClN4O6S. The van der Waals surface area contributed by atoms with Crippen LogP contribution in [0, 0.1) is 15.5 Å². The molecular weight excluding hydrogens is 604 g/mol. The van der Waals surface area contributed by atoms with Crippen LogP contribution in [0.5, 0.6) is 0 Å². The van der Waals surface area contributed by atoms with Crippen molar-refractivity contribution < 1.29 is 22.9 Å². The number of anilines is 1. The second kappa shape index (κ2) is 15.6. The van der Waals surface area contributed by atoms with Crippen molar-refractivity contribution in [1.29, 1.82) is 0 Å². The molecule has 0 saturated carbocycles. The Balaban J connectivity index is 1.69. The maximum atomic E-state index is 13.6. The fourth-order valence-electron chi connectivity index (χ4n) is 5.00. The van der Waals surface area contributed by atoms with Gasteiger partial charge in [-0.15, -0.1) is 0 Å². The number of nitro groups is 1. The van der Waals surface area contributed by atoms with Crippen LogP contribution in [-0.4, -0.2) is 40.6 Å². The molecule has 3 rings (SSSR count). The highest BCUT2D eigenvalue weighted by Gasteiger charge is 2.38. The van der Waals surface area contributed by atoms with Gasteiger partial charge in [0.05, 0.1) is 38.0 Å². The van der Waals surface area contributed by atoms with Crippen molar-refractivity contribution in [2.24, 2.45) is 5.41 Å². The second-order valence-electron chi connectivity index (χ2n) is 12.2. The van der Waals surface area contributed by atoms with E-state index in [1.807, 2.05) is 0 Å². The maximum Gasteiger partial charge on any atom is 0.270 e. The number of halogens is 1. The number of sulfone groups is 1. The Bertz CT molecular complexity index is 1580. The van der Waals surface area contributed by atoms with Gasteiger partial charge in [0.1, 0.15) is 0 Å². The highest BCUT2D eigenvalue weighted by molar-refractivity contribution is 7.91. The van der Waals surface area contributed by atoms with Gasteiger partial charge in [0.15, 0.2) is 21.7 Å². The molecule has 10 nitrogen and oxygen atoms in total. The molecule has 0 bridgehead atoms. The molecule has 3 aromatic rings. The van der Waals surface area contributed by atoms with Crippen molar-refractivity contribution in [3.8, 4) is 0 Å². The Hall–Kier alpha value is -3.31. The predicted molar refractivity (Wildman–Crippen MR) is 174 cm³/mol. The molecule has 0 saturated heterocycles. The molecule has 2 aromatic carbocycles. The summed E-state index contributed by atoms with van der Waals surface area (Å²) in [5, 5.41) is 18.5. The van der Waals surface area contributed by atoms with Gasteiger partial charge in [-0.25, -0.2) is 13.1 Å². The minimum absolute atomic E-state index is 0.0121. The maximum absolute atomic E-state index is 13.6. The first-order chi connectivity index (χ1) is 20.8. The molecule has 1 amide bonds. The summed E-state index contributed by atoms with van der Waals surface area (Å²) in [5.74, 6) is -1.15. The van der Waals surface area contributed by atoms with Gasteiger partial charge in [-0.2, -0.15) is 5.10 Å². The lowest BCUT2D eigenvalue weighted by atomic mass is 9.86. The normalized spacial score (nSPS) is 12.8. The quantitative estimate of drug-likeness (QED) is 0.0676. The van der Waals surface area contributed by atoms with Gasteiger partial charge in [0.25, 0.3) is 11.6 Å². The Morgan fingerprint density at radius 1 is 0.977 bits per heavy atom. The largest absolute Gasteiger partial charge is 0.322 e. The number of carbonyl (C=O) groups excluding carboxylic acids is 2. The van der Waals surface area contributed by atoms with Crippen LogP contribution in [0.2, 0.25) is 5.02 Å². The van der Waals surface area contributed by atoms with Crippen LogP contribution < -0.4 is 5.32 Å². The number of benzene rings is 2. The standard InChI is InChI=1S/C32H43ClN4O6S/c1-5-6-7-8-9-10-11-12-13-14-19-44(42,43)25-16-17-27(26(33)21-25)35-31(39)29(30(38)32(2,3)4)36-28-18-15-24(37(40)41)20-23(28)22-34-36/h15-18,20-22,29H,5-14,19H2,1-4H3,(H,35,39). The summed E-state index contributed by atoms with van der Waals surface area (Å²) in [5.41, 5.74) is -0.561. The number of nitro benzene ring substituents is 1. The summed E-state index contributed by atoms with van der Waals surface area (Å²) in [7, 11) is -3.57. The van der Waals surface area contributed by atoms with E-state index in [1.54, 1.807) is 20.8 Å². The first-order valence-electron chi connectivity index (χ1n) is 15.3.